The molecule has 0 unspecified atom stereocenters. The number of hydrogen-bond donors (Lipinski definition) is 2. The van der Waals surface area contributed by atoms with Gasteiger partial charge in [-0.3, -0.25) is 9.89 Å². The third kappa shape index (κ3) is 4.24. The standard InChI is InChI=1S/C27H20BrFN6O2/c1-15-30-25-5-3-18(13-35(25)33-15)27-22-10-16(2-4-23(22)31-32-27)17-6-7-34(26(37)11-17)24(14-36)19-8-20(28)12-21(29)9-19/h2-13,24,36H,14H2,1H3,(H,31,32)/t24-/m1/s1. The smallest absolute Gasteiger partial charge is 0.251 e. The summed E-state index contributed by atoms with van der Waals surface area (Å²) in [6, 6.07) is 16.6. The van der Waals surface area contributed by atoms with Gasteiger partial charge < -0.3 is 9.67 Å². The van der Waals surface area contributed by atoms with E-state index in [9.17, 15) is 14.3 Å². The number of aryl methyl sites for hydroxylation is 1. The van der Waals surface area contributed by atoms with Crippen molar-refractivity contribution in [1.29, 1.82) is 0 Å². The Kier molecular flexibility index (Phi) is 5.69. The highest BCUT2D eigenvalue weighted by Gasteiger charge is 2.17. The van der Waals surface area contributed by atoms with Gasteiger partial charge in [0.25, 0.3) is 5.56 Å². The van der Waals surface area contributed by atoms with E-state index >= 15 is 0 Å². The summed E-state index contributed by atoms with van der Waals surface area (Å²) in [5.41, 5.74) is 5.00. The zero-order valence-electron chi connectivity index (χ0n) is 19.6. The van der Waals surface area contributed by atoms with Gasteiger partial charge in [-0.1, -0.05) is 22.0 Å². The summed E-state index contributed by atoms with van der Waals surface area (Å²) >= 11 is 3.27. The number of H-pyrrole nitrogens is 1. The minimum Gasteiger partial charge on any atom is -0.394 e. The molecule has 0 bridgehead atoms. The Balaban J connectivity index is 1.39. The van der Waals surface area contributed by atoms with E-state index < -0.39 is 11.9 Å². The number of nitrogens with zero attached hydrogens (tertiary/aromatic N) is 5. The maximum atomic E-state index is 13.9. The van der Waals surface area contributed by atoms with Crippen molar-refractivity contribution in [3.8, 4) is 22.4 Å². The first kappa shape index (κ1) is 23.3. The van der Waals surface area contributed by atoms with Gasteiger partial charge in [-0.25, -0.2) is 13.9 Å². The molecule has 0 aliphatic rings. The molecule has 6 aromatic rings. The number of aromatic nitrogens is 6. The molecule has 0 radical (unpaired) electrons. The normalized spacial score (nSPS) is 12.4. The lowest BCUT2D eigenvalue weighted by atomic mass is 10.0. The quantitative estimate of drug-likeness (QED) is 0.313. The Hall–Kier alpha value is -4.15. The largest absolute Gasteiger partial charge is 0.394 e. The average molecular weight is 559 g/mol. The van der Waals surface area contributed by atoms with E-state index in [1.807, 2.05) is 49.5 Å². The summed E-state index contributed by atoms with van der Waals surface area (Å²) in [7, 11) is 0. The van der Waals surface area contributed by atoms with Gasteiger partial charge >= 0.3 is 0 Å². The Bertz CT molecular complexity index is 1840. The van der Waals surface area contributed by atoms with Crippen molar-refractivity contribution in [2.24, 2.45) is 0 Å². The van der Waals surface area contributed by atoms with Crippen LogP contribution >= 0.6 is 15.9 Å². The highest BCUT2D eigenvalue weighted by molar-refractivity contribution is 9.10. The summed E-state index contributed by atoms with van der Waals surface area (Å²) in [6.07, 6.45) is 3.51. The second-order valence-electron chi connectivity index (χ2n) is 8.77. The van der Waals surface area contributed by atoms with Crippen LogP contribution < -0.4 is 5.56 Å². The second-order valence-corrected chi connectivity index (χ2v) is 9.69. The fourth-order valence-electron chi connectivity index (χ4n) is 4.60. The Morgan fingerprint density at radius 3 is 2.65 bits per heavy atom. The van der Waals surface area contributed by atoms with Crippen LogP contribution in [0.3, 0.4) is 0 Å². The van der Waals surface area contributed by atoms with E-state index in [0.29, 0.717) is 15.9 Å². The molecule has 0 fully saturated rings. The van der Waals surface area contributed by atoms with Gasteiger partial charge in [0.2, 0.25) is 0 Å². The molecular weight excluding hydrogens is 539 g/mol. The lowest BCUT2D eigenvalue weighted by Gasteiger charge is -2.19. The van der Waals surface area contributed by atoms with E-state index in [4.69, 9.17) is 0 Å². The van der Waals surface area contributed by atoms with E-state index in [-0.39, 0.29) is 12.2 Å². The highest BCUT2D eigenvalue weighted by Crippen LogP contribution is 2.31. The average Bonchev–Trinajstić information content (AvgIpc) is 3.46. The maximum Gasteiger partial charge on any atom is 0.251 e. The summed E-state index contributed by atoms with van der Waals surface area (Å²) in [6.45, 7) is 1.49. The number of fused-ring (bicyclic) bond motifs is 2. The number of aromatic amines is 1. The molecule has 0 saturated heterocycles. The van der Waals surface area contributed by atoms with E-state index in [1.165, 1.54) is 22.8 Å². The molecule has 37 heavy (non-hydrogen) atoms. The first-order valence-corrected chi connectivity index (χ1v) is 12.3. The van der Waals surface area contributed by atoms with Crippen LogP contribution in [0.4, 0.5) is 4.39 Å². The number of nitrogens with one attached hydrogen (secondary N) is 1. The van der Waals surface area contributed by atoms with Crippen molar-refractivity contribution >= 4 is 32.5 Å². The van der Waals surface area contributed by atoms with E-state index in [2.05, 4.69) is 36.2 Å². The van der Waals surface area contributed by atoms with Crippen molar-refractivity contribution in [2.75, 3.05) is 6.61 Å². The predicted octanol–water partition coefficient (Wildman–Crippen LogP) is 4.89. The molecule has 2 N–H and O–H groups in total. The van der Waals surface area contributed by atoms with E-state index in [1.54, 1.807) is 16.8 Å². The summed E-state index contributed by atoms with van der Waals surface area (Å²) in [5, 5.41) is 22.9. The van der Waals surface area contributed by atoms with Gasteiger partial charge in [0, 0.05) is 33.9 Å². The molecule has 8 nitrogen and oxygen atoms in total. The van der Waals surface area contributed by atoms with Gasteiger partial charge in [-0.2, -0.15) is 10.2 Å². The second kappa shape index (κ2) is 9.06. The third-order valence-electron chi connectivity index (χ3n) is 6.33. The van der Waals surface area contributed by atoms with Crippen molar-refractivity contribution in [2.45, 2.75) is 13.0 Å². The molecule has 2 aromatic carbocycles. The number of aliphatic hydroxyl groups excluding tert-OH is 1. The fraction of sp³-hybridized carbons (Fsp3) is 0.111. The van der Waals surface area contributed by atoms with Crippen molar-refractivity contribution in [3.63, 3.8) is 0 Å². The summed E-state index contributed by atoms with van der Waals surface area (Å²) < 4.78 is 17.6. The predicted molar refractivity (Wildman–Crippen MR) is 142 cm³/mol. The SMILES string of the molecule is Cc1nc2ccc(-c3n[nH]c4ccc(-c5ccn([C@H](CO)c6cc(F)cc(Br)c6)c(=O)c5)cc34)cn2n1. The zero-order valence-corrected chi connectivity index (χ0v) is 21.1. The molecule has 184 valence electrons. The number of aliphatic hydroxyl groups is 1. The van der Waals surface area contributed by atoms with Crippen LogP contribution in [0.15, 0.2) is 82.3 Å². The molecular formula is C27H20BrFN6O2. The highest BCUT2D eigenvalue weighted by atomic mass is 79.9. The lowest BCUT2D eigenvalue weighted by Crippen LogP contribution is -2.27. The molecule has 4 aromatic heterocycles. The van der Waals surface area contributed by atoms with Crippen LogP contribution in [-0.2, 0) is 0 Å². The van der Waals surface area contributed by atoms with Gasteiger partial charge in [0.15, 0.2) is 5.65 Å². The third-order valence-corrected chi connectivity index (χ3v) is 6.79. The number of benzene rings is 2. The molecule has 0 amide bonds. The van der Waals surface area contributed by atoms with Gasteiger partial charge in [0.1, 0.15) is 17.3 Å². The van der Waals surface area contributed by atoms with Crippen LogP contribution in [0.25, 0.3) is 38.9 Å². The molecule has 4 heterocycles. The fourth-order valence-corrected chi connectivity index (χ4v) is 5.08. The number of rotatable bonds is 5. The van der Waals surface area contributed by atoms with Crippen molar-refractivity contribution in [3.05, 3.63) is 105 Å². The Morgan fingerprint density at radius 1 is 1.05 bits per heavy atom. The summed E-state index contributed by atoms with van der Waals surface area (Å²) in [5.74, 6) is 0.240. The maximum absolute atomic E-state index is 13.9. The van der Waals surface area contributed by atoms with Crippen molar-refractivity contribution in [1.82, 2.24) is 29.4 Å². The minimum atomic E-state index is -0.716. The zero-order chi connectivity index (χ0) is 25.7. The number of hydrogen-bond acceptors (Lipinski definition) is 5. The number of pyridine rings is 2. The van der Waals surface area contributed by atoms with Crippen LogP contribution in [0.2, 0.25) is 0 Å². The van der Waals surface area contributed by atoms with Crippen LogP contribution in [0.1, 0.15) is 17.4 Å². The van der Waals surface area contributed by atoms with Crippen LogP contribution in [0, 0.1) is 12.7 Å². The molecule has 0 spiro atoms. The topological polar surface area (TPSA) is 101 Å². The first-order valence-electron chi connectivity index (χ1n) is 11.5. The minimum absolute atomic E-state index is 0.309. The van der Waals surface area contributed by atoms with E-state index in [0.717, 1.165) is 38.9 Å². The molecule has 0 aliphatic heterocycles. The molecule has 6 rings (SSSR count). The Labute approximate surface area is 218 Å². The van der Waals surface area contributed by atoms with Crippen molar-refractivity contribution < 1.29 is 9.50 Å². The Morgan fingerprint density at radius 2 is 1.86 bits per heavy atom. The van der Waals surface area contributed by atoms with Crippen LogP contribution in [-0.4, -0.2) is 41.1 Å². The molecule has 10 heteroatoms. The van der Waals surface area contributed by atoms with Gasteiger partial charge in [-0.05, 0) is 72.1 Å². The van der Waals surface area contributed by atoms with Gasteiger partial charge in [-0.15, -0.1) is 0 Å². The molecule has 1 atom stereocenters. The molecule has 0 aliphatic carbocycles. The number of halogens is 2. The monoisotopic (exact) mass is 558 g/mol. The molecule has 0 saturated carbocycles. The first-order chi connectivity index (χ1) is 17.9. The van der Waals surface area contributed by atoms with Crippen LogP contribution in [0.5, 0.6) is 0 Å². The summed E-state index contributed by atoms with van der Waals surface area (Å²) in [4.78, 5) is 17.5. The van der Waals surface area contributed by atoms with Gasteiger partial charge in [0.05, 0.1) is 18.2 Å². The lowest BCUT2D eigenvalue weighted by molar-refractivity contribution is 0.246.